The Morgan fingerprint density at radius 3 is 2.58 bits per heavy atom. The van der Waals surface area contributed by atoms with Gasteiger partial charge in [0.25, 0.3) is 0 Å². The van der Waals surface area contributed by atoms with E-state index in [2.05, 4.69) is 4.90 Å². The number of carbonyl (C=O) groups is 1. The summed E-state index contributed by atoms with van der Waals surface area (Å²) in [6.07, 6.45) is 0.662. The van der Waals surface area contributed by atoms with Gasteiger partial charge in [-0.2, -0.15) is 0 Å². The zero-order valence-corrected chi connectivity index (χ0v) is 10.9. The fraction of sp³-hybridized carbons (Fsp3) is 0.462. The molecule has 1 saturated heterocycles. The summed E-state index contributed by atoms with van der Waals surface area (Å²) in [6.45, 7) is 4.10. The van der Waals surface area contributed by atoms with Crippen LogP contribution in [0.25, 0.3) is 0 Å². The standard InChI is InChI=1S/C13H20N4O2/c14-11-2-1-10(13(16)18)9(12(11)15)3-4-17-5-7-19-8-6-17/h1-2H,3-8,14-15H2,(H2,16,18). The highest BCUT2D eigenvalue weighted by Crippen LogP contribution is 2.24. The summed E-state index contributed by atoms with van der Waals surface area (Å²) in [7, 11) is 0. The molecule has 0 aromatic heterocycles. The molecule has 0 saturated carbocycles. The van der Waals surface area contributed by atoms with Crippen molar-refractivity contribution < 1.29 is 9.53 Å². The van der Waals surface area contributed by atoms with Crippen molar-refractivity contribution in [2.45, 2.75) is 6.42 Å². The van der Waals surface area contributed by atoms with E-state index in [4.69, 9.17) is 21.9 Å². The lowest BCUT2D eigenvalue weighted by Crippen LogP contribution is -2.37. The summed E-state index contributed by atoms with van der Waals surface area (Å²) in [5, 5.41) is 0. The molecule has 1 aromatic rings. The smallest absolute Gasteiger partial charge is 0.249 e. The van der Waals surface area contributed by atoms with Gasteiger partial charge in [-0.05, 0) is 24.1 Å². The van der Waals surface area contributed by atoms with E-state index >= 15 is 0 Å². The predicted molar refractivity (Wildman–Crippen MR) is 74.7 cm³/mol. The van der Waals surface area contributed by atoms with E-state index < -0.39 is 5.91 Å². The average molecular weight is 264 g/mol. The molecule has 1 heterocycles. The fourth-order valence-corrected chi connectivity index (χ4v) is 2.28. The molecule has 0 spiro atoms. The summed E-state index contributed by atoms with van der Waals surface area (Å²) in [5.74, 6) is -0.469. The van der Waals surface area contributed by atoms with Crippen molar-refractivity contribution in [3.63, 3.8) is 0 Å². The average Bonchev–Trinajstić information content (AvgIpc) is 2.41. The molecule has 6 nitrogen and oxygen atoms in total. The molecule has 6 heteroatoms. The number of nitrogen functional groups attached to an aromatic ring is 2. The van der Waals surface area contributed by atoms with Crippen molar-refractivity contribution in [3.8, 4) is 0 Å². The number of carbonyl (C=O) groups excluding carboxylic acids is 1. The number of hydrogen-bond acceptors (Lipinski definition) is 5. The van der Waals surface area contributed by atoms with Crippen molar-refractivity contribution in [1.29, 1.82) is 0 Å². The van der Waals surface area contributed by atoms with Crippen LogP contribution >= 0.6 is 0 Å². The Morgan fingerprint density at radius 1 is 1.26 bits per heavy atom. The van der Waals surface area contributed by atoms with Crippen molar-refractivity contribution in [1.82, 2.24) is 4.90 Å². The molecule has 1 amide bonds. The molecule has 1 aromatic carbocycles. The lowest BCUT2D eigenvalue weighted by Gasteiger charge is -2.27. The van der Waals surface area contributed by atoms with E-state index in [9.17, 15) is 4.79 Å². The van der Waals surface area contributed by atoms with Gasteiger partial charge in [-0.25, -0.2) is 0 Å². The molecule has 0 aliphatic carbocycles. The molecule has 0 unspecified atom stereocenters. The van der Waals surface area contributed by atoms with Gasteiger partial charge in [0.2, 0.25) is 5.91 Å². The fourth-order valence-electron chi connectivity index (χ4n) is 2.28. The Kier molecular flexibility index (Phi) is 4.24. The molecule has 19 heavy (non-hydrogen) atoms. The Balaban J connectivity index is 2.13. The van der Waals surface area contributed by atoms with Crippen LogP contribution in [0.5, 0.6) is 0 Å². The molecule has 0 bridgehead atoms. The number of anilines is 2. The number of benzene rings is 1. The van der Waals surface area contributed by atoms with E-state index in [-0.39, 0.29) is 0 Å². The summed E-state index contributed by atoms with van der Waals surface area (Å²) in [4.78, 5) is 13.7. The first kappa shape index (κ1) is 13.6. The third-order valence-electron chi connectivity index (χ3n) is 3.44. The van der Waals surface area contributed by atoms with Crippen molar-refractivity contribution in [2.75, 3.05) is 44.3 Å². The summed E-state index contributed by atoms with van der Waals surface area (Å²) in [5.41, 5.74) is 19.3. The number of primary amides is 1. The van der Waals surface area contributed by atoms with Crippen LogP contribution in [0.4, 0.5) is 11.4 Å². The molecule has 0 radical (unpaired) electrons. The Bertz CT molecular complexity index is 470. The van der Waals surface area contributed by atoms with Crippen LogP contribution in [0.1, 0.15) is 15.9 Å². The maximum Gasteiger partial charge on any atom is 0.249 e. The van der Waals surface area contributed by atoms with E-state index in [0.29, 0.717) is 23.4 Å². The van der Waals surface area contributed by atoms with Gasteiger partial charge in [-0.1, -0.05) is 0 Å². The van der Waals surface area contributed by atoms with Crippen molar-refractivity contribution >= 4 is 17.3 Å². The van der Waals surface area contributed by atoms with E-state index in [1.54, 1.807) is 12.1 Å². The molecule has 6 N–H and O–H groups in total. The second kappa shape index (κ2) is 5.90. The lowest BCUT2D eigenvalue weighted by molar-refractivity contribution is 0.0384. The van der Waals surface area contributed by atoms with Crippen molar-refractivity contribution in [3.05, 3.63) is 23.3 Å². The molecule has 1 aliphatic heterocycles. The van der Waals surface area contributed by atoms with Gasteiger partial charge in [-0.3, -0.25) is 9.69 Å². The van der Waals surface area contributed by atoms with Gasteiger partial charge < -0.3 is 21.9 Å². The largest absolute Gasteiger partial charge is 0.397 e. The highest BCUT2D eigenvalue weighted by molar-refractivity contribution is 5.97. The van der Waals surface area contributed by atoms with Gasteiger partial charge in [0.05, 0.1) is 24.6 Å². The zero-order chi connectivity index (χ0) is 13.8. The second-order valence-corrected chi connectivity index (χ2v) is 4.66. The number of nitrogens with zero attached hydrogens (tertiary/aromatic N) is 1. The minimum absolute atomic E-state index is 0.458. The Labute approximate surface area is 112 Å². The van der Waals surface area contributed by atoms with Crippen LogP contribution in [0.15, 0.2) is 12.1 Å². The predicted octanol–water partition coefficient (Wildman–Crippen LogP) is -0.175. The topological polar surface area (TPSA) is 108 Å². The summed E-state index contributed by atoms with van der Waals surface area (Å²) in [6, 6.07) is 3.26. The third-order valence-corrected chi connectivity index (χ3v) is 3.44. The maximum absolute atomic E-state index is 11.4. The SMILES string of the molecule is NC(=O)c1ccc(N)c(N)c1CCN1CCOCC1. The van der Waals surface area contributed by atoms with E-state index in [1.165, 1.54) is 0 Å². The third kappa shape index (κ3) is 3.15. The zero-order valence-electron chi connectivity index (χ0n) is 10.9. The molecular weight excluding hydrogens is 244 g/mol. The van der Waals surface area contributed by atoms with E-state index in [1.807, 2.05) is 0 Å². The highest BCUT2D eigenvalue weighted by Gasteiger charge is 2.16. The number of nitrogens with two attached hydrogens (primary N) is 3. The summed E-state index contributed by atoms with van der Waals surface area (Å²) >= 11 is 0. The molecular formula is C13H20N4O2. The van der Waals surface area contributed by atoms with Gasteiger partial charge in [0.15, 0.2) is 0 Å². The highest BCUT2D eigenvalue weighted by atomic mass is 16.5. The second-order valence-electron chi connectivity index (χ2n) is 4.66. The molecule has 2 rings (SSSR count). The molecule has 1 fully saturated rings. The van der Waals surface area contributed by atoms with Gasteiger partial charge >= 0.3 is 0 Å². The monoisotopic (exact) mass is 264 g/mol. The quantitative estimate of drug-likeness (QED) is 0.654. The van der Waals surface area contributed by atoms with E-state index in [0.717, 1.165) is 38.4 Å². The first-order valence-electron chi connectivity index (χ1n) is 6.36. The van der Waals surface area contributed by atoms with Crippen molar-refractivity contribution in [2.24, 2.45) is 5.73 Å². The molecule has 104 valence electrons. The number of amides is 1. The van der Waals surface area contributed by atoms with Gasteiger partial charge in [0, 0.05) is 25.2 Å². The molecule has 0 atom stereocenters. The lowest BCUT2D eigenvalue weighted by atomic mass is 10.00. The van der Waals surface area contributed by atoms with Crippen LogP contribution < -0.4 is 17.2 Å². The number of rotatable bonds is 4. The van der Waals surface area contributed by atoms with Crippen LogP contribution in [0.3, 0.4) is 0 Å². The Hall–Kier alpha value is -1.79. The minimum Gasteiger partial charge on any atom is -0.397 e. The van der Waals surface area contributed by atoms with Crippen LogP contribution in [0, 0.1) is 0 Å². The van der Waals surface area contributed by atoms with Crippen LogP contribution in [0.2, 0.25) is 0 Å². The summed E-state index contributed by atoms with van der Waals surface area (Å²) < 4.78 is 5.30. The van der Waals surface area contributed by atoms with Gasteiger partial charge in [-0.15, -0.1) is 0 Å². The minimum atomic E-state index is -0.469. The number of ether oxygens (including phenoxy) is 1. The first-order chi connectivity index (χ1) is 9.09. The van der Waals surface area contributed by atoms with Crippen LogP contribution in [-0.2, 0) is 11.2 Å². The van der Waals surface area contributed by atoms with Gasteiger partial charge in [0.1, 0.15) is 0 Å². The first-order valence-corrected chi connectivity index (χ1v) is 6.36. The Morgan fingerprint density at radius 2 is 1.95 bits per heavy atom. The molecule has 1 aliphatic rings. The number of hydrogen-bond donors (Lipinski definition) is 3. The maximum atomic E-state index is 11.4. The number of morpholine rings is 1. The normalized spacial score (nSPS) is 16.4. The van der Waals surface area contributed by atoms with Crippen LogP contribution in [-0.4, -0.2) is 43.7 Å².